The lowest BCUT2D eigenvalue weighted by molar-refractivity contribution is -0.121. The number of benzene rings is 1. The molecule has 0 aromatic heterocycles. The average molecular weight is 422 g/mol. The van der Waals surface area contributed by atoms with Crippen LogP contribution >= 0.6 is 11.6 Å². The lowest BCUT2D eigenvalue weighted by Crippen LogP contribution is -2.48. The van der Waals surface area contributed by atoms with Crippen molar-refractivity contribution in [1.29, 1.82) is 0 Å². The van der Waals surface area contributed by atoms with Gasteiger partial charge < -0.3 is 15.5 Å². The van der Waals surface area contributed by atoms with Crippen LogP contribution in [0.15, 0.2) is 29.3 Å². The summed E-state index contributed by atoms with van der Waals surface area (Å²) in [5, 5.41) is 7.11. The summed E-state index contributed by atoms with van der Waals surface area (Å²) < 4.78 is 0. The van der Waals surface area contributed by atoms with Gasteiger partial charge in [-0.1, -0.05) is 43.6 Å². The Balaban J connectivity index is 2.00. The maximum atomic E-state index is 11.6. The van der Waals surface area contributed by atoms with Gasteiger partial charge in [-0.05, 0) is 43.5 Å². The second-order valence-electron chi connectivity index (χ2n) is 7.49. The second-order valence-corrected chi connectivity index (χ2v) is 7.90. The van der Waals surface area contributed by atoms with E-state index < -0.39 is 0 Å². The fraction of sp³-hybridized carbons (Fsp3) is 0.636. The third kappa shape index (κ3) is 6.61. The summed E-state index contributed by atoms with van der Waals surface area (Å²) in [5.41, 5.74) is 1.14. The van der Waals surface area contributed by atoms with Gasteiger partial charge in [0.05, 0.1) is 6.04 Å². The highest BCUT2D eigenvalue weighted by molar-refractivity contribution is 6.31. The summed E-state index contributed by atoms with van der Waals surface area (Å²) in [4.78, 5) is 20.9. The number of halogens is 1. The number of hydrogen-bond acceptors (Lipinski definition) is 3. The maximum absolute atomic E-state index is 11.6. The van der Waals surface area contributed by atoms with Crippen molar-refractivity contribution in [2.45, 2.75) is 39.2 Å². The number of nitrogens with one attached hydrogen (secondary N) is 2. The summed E-state index contributed by atoms with van der Waals surface area (Å²) in [7, 11) is 3.54. The minimum absolute atomic E-state index is 0.132. The van der Waals surface area contributed by atoms with E-state index >= 15 is 0 Å². The SMILES string of the molecule is CCN(CC)C(CNC(=NC)N1CCC(CC(=O)NC)CC1)c1ccccc1Cl. The van der Waals surface area contributed by atoms with E-state index in [1.165, 1.54) is 0 Å². The van der Waals surface area contributed by atoms with Gasteiger partial charge in [0.2, 0.25) is 5.91 Å². The van der Waals surface area contributed by atoms with Crippen LogP contribution in [0.3, 0.4) is 0 Å². The number of piperidine rings is 1. The molecule has 1 aromatic carbocycles. The minimum Gasteiger partial charge on any atom is -0.359 e. The molecule has 1 amide bonds. The van der Waals surface area contributed by atoms with E-state index in [2.05, 4.69) is 45.3 Å². The molecule has 1 atom stereocenters. The lowest BCUT2D eigenvalue weighted by atomic mass is 9.93. The summed E-state index contributed by atoms with van der Waals surface area (Å²) in [6.07, 6.45) is 2.64. The van der Waals surface area contributed by atoms with E-state index in [-0.39, 0.29) is 11.9 Å². The van der Waals surface area contributed by atoms with Crippen LogP contribution in [-0.2, 0) is 4.79 Å². The van der Waals surface area contributed by atoms with Gasteiger partial charge >= 0.3 is 0 Å². The highest BCUT2D eigenvalue weighted by Crippen LogP contribution is 2.27. The maximum Gasteiger partial charge on any atom is 0.220 e. The molecule has 1 unspecified atom stereocenters. The van der Waals surface area contributed by atoms with E-state index in [4.69, 9.17) is 11.6 Å². The Bertz CT molecular complexity index is 669. The standard InChI is InChI=1S/C22H36ClN5O/c1-5-27(6-2)20(18-9-7-8-10-19(18)23)16-26-22(25-4)28-13-11-17(12-14-28)15-21(29)24-3/h7-10,17,20H,5-6,11-16H2,1-4H3,(H,24,29)(H,25,26). The first-order valence-corrected chi connectivity index (χ1v) is 11.1. The molecule has 162 valence electrons. The average Bonchev–Trinajstić information content (AvgIpc) is 2.75. The van der Waals surface area contributed by atoms with E-state index in [0.717, 1.165) is 62.1 Å². The number of carbonyl (C=O) groups excluding carboxylic acids is 1. The quantitative estimate of drug-likeness (QED) is 0.500. The van der Waals surface area contributed by atoms with Crippen molar-refractivity contribution in [3.8, 4) is 0 Å². The van der Waals surface area contributed by atoms with Gasteiger partial charge in [0.15, 0.2) is 5.96 Å². The molecule has 0 bridgehead atoms. The van der Waals surface area contributed by atoms with Crippen molar-refractivity contribution in [1.82, 2.24) is 20.4 Å². The van der Waals surface area contributed by atoms with Gasteiger partial charge in [0.1, 0.15) is 0 Å². The molecule has 0 saturated carbocycles. The third-order valence-electron chi connectivity index (χ3n) is 5.85. The first-order chi connectivity index (χ1) is 14.0. The molecule has 1 heterocycles. The molecular weight excluding hydrogens is 386 g/mol. The Morgan fingerprint density at radius 3 is 2.48 bits per heavy atom. The van der Waals surface area contributed by atoms with Crippen LogP contribution < -0.4 is 10.6 Å². The van der Waals surface area contributed by atoms with Crippen LogP contribution in [0.4, 0.5) is 0 Å². The Morgan fingerprint density at radius 1 is 1.28 bits per heavy atom. The molecule has 0 spiro atoms. The van der Waals surface area contributed by atoms with Crippen molar-refractivity contribution in [2.75, 3.05) is 46.8 Å². The summed E-state index contributed by atoms with van der Waals surface area (Å²) in [5.74, 6) is 1.51. The first-order valence-electron chi connectivity index (χ1n) is 10.7. The number of likely N-dealkylation sites (tertiary alicyclic amines) is 1. The summed E-state index contributed by atoms with van der Waals surface area (Å²) in [6.45, 7) is 8.86. The molecule has 6 nitrogen and oxygen atoms in total. The Kier molecular flexibility index (Phi) is 9.74. The van der Waals surface area contributed by atoms with Crippen LogP contribution in [0.25, 0.3) is 0 Å². The van der Waals surface area contributed by atoms with Crippen LogP contribution in [0.1, 0.15) is 44.7 Å². The van der Waals surface area contributed by atoms with Crippen molar-refractivity contribution in [2.24, 2.45) is 10.9 Å². The molecular formula is C22H36ClN5O. The van der Waals surface area contributed by atoms with E-state index in [1.807, 2.05) is 25.2 Å². The van der Waals surface area contributed by atoms with Crippen molar-refractivity contribution in [3.05, 3.63) is 34.9 Å². The normalized spacial score (nSPS) is 16.8. The Morgan fingerprint density at radius 2 is 1.93 bits per heavy atom. The molecule has 1 saturated heterocycles. The number of nitrogens with zero attached hydrogens (tertiary/aromatic N) is 3. The fourth-order valence-corrected chi connectivity index (χ4v) is 4.34. The fourth-order valence-electron chi connectivity index (χ4n) is 4.08. The van der Waals surface area contributed by atoms with Gasteiger partial charge in [-0.15, -0.1) is 0 Å². The zero-order valence-electron chi connectivity index (χ0n) is 18.2. The van der Waals surface area contributed by atoms with Gasteiger partial charge in [-0.25, -0.2) is 0 Å². The van der Waals surface area contributed by atoms with Crippen LogP contribution in [0.2, 0.25) is 5.02 Å². The molecule has 1 aliphatic heterocycles. The zero-order valence-corrected chi connectivity index (χ0v) is 19.0. The van der Waals surface area contributed by atoms with Gasteiger partial charge in [-0.2, -0.15) is 0 Å². The monoisotopic (exact) mass is 421 g/mol. The molecule has 29 heavy (non-hydrogen) atoms. The second kappa shape index (κ2) is 12.0. The van der Waals surface area contributed by atoms with E-state index in [1.54, 1.807) is 7.05 Å². The molecule has 1 aromatic rings. The molecule has 2 N–H and O–H groups in total. The van der Waals surface area contributed by atoms with Gasteiger partial charge in [0.25, 0.3) is 0 Å². The number of amides is 1. The summed E-state index contributed by atoms with van der Waals surface area (Å²) >= 11 is 6.52. The zero-order chi connectivity index (χ0) is 21.2. The van der Waals surface area contributed by atoms with Crippen molar-refractivity contribution < 1.29 is 4.79 Å². The third-order valence-corrected chi connectivity index (χ3v) is 6.19. The highest BCUT2D eigenvalue weighted by atomic mass is 35.5. The van der Waals surface area contributed by atoms with Crippen molar-refractivity contribution >= 4 is 23.5 Å². The molecule has 1 aliphatic rings. The minimum atomic E-state index is 0.132. The highest BCUT2D eigenvalue weighted by Gasteiger charge is 2.25. The lowest BCUT2D eigenvalue weighted by Gasteiger charge is -2.36. The van der Waals surface area contributed by atoms with Gasteiger partial charge in [-0.3, -0.25) is 14.7 Å². The van der Waals surface area contributed by atoms with Crippen LogP contribution in [-0.4, -0.2) is 68.5 Å². The molecule has 2 rings (SSSR count). The first kappa shape index (κ1) is 23.5. The summed E-state index contributed by atoms with van der Waals surface area (Å²) in [6, 6.07) is 8.27. The largest absolute Gasteiger partial charge is 0.359 e. The number of guanidine groups is 1. The molecule has 0 aliphatic carbocycles. The predicted octanol–water partition coefficient (Wildman–Crippen LogP) is 3.15. The Hall–Kier alpha value is -1.79. The molecule has 1 fully saturated rings. The number of rotatable bonds is 8. The van der Waals surface area contributed by atoms with Crippen molar-refractivity contribution in [3.63, 3.8) is 0 Å². The van der Waals surface area contributed by atoms with Crippen LogP contribution in [0.5, 0.6) is 0 Å². The topological polar surface area (TPSA) is 60.0 Å². The molecule has 7 heteroatoms. The smallest absolute Gasteiger partial charge is 0.220 e. The predicted molar refractivity (Wildman–Crippen MR) is 121 cm³/mol. The molecule has 0 radical (unpaired) electrons. The van der Waals surface area contributed by atoms with Gasteiger partial charge in [0, 0.05) is 45.2 Å². The number of carbonyl (C=O) groups is 1. The van der Waals surface area contributed by atoms with E-state index in [9.17, 15) is 4.79 Å². The van der Waals surface area contributed by atoms with Crippen LogP contribution in [0, 0.1) is 5.92 Å². The number of hydrogen-bond donors (Lipinski definition) is 2. The number of aliphatic imine (C=N–C) groups is 1. The Labute approximate surface area is 180 Å². The number of likely N-dealkylation sites (N-methyl/N-ethyl adjacent to an activating group) is 1. The van der Waals surface area contributed by atoms with E-state index in [0.29, 0.717) is 12.3 Å².